The molecule has 0 aliphatic carbocycles. The maximum atomic E-state index is 13.4. The number of halogens is 1. The van der Waals surface area contributed by atoms with Gasteiger partial charge in [-0.25, -0.2) is 12.8 Å². The third kappa shape index (κ3) is 5.40. The van der Waals surface area contributed by atoms with E-state index in [1.54, 1.807) is 7.05 Å². The molecule has 0 aliphatic rings. The van der Waals surface area contributed by atoms with Crippen molar-refractivity contribution in [1.29, 1.82) is 0 Å². The molecule has 0 bridgehead atoms. The number of amides is 1. The molecule has 6 nitrogen and oxygen atoms in total. The number of anilines is 1. The van der Waals surface area contributed by atoms with Crippen molar-refractivity contribution in [2.75, 3.05) is 25.0 Å². The summed E-state index contributed by atoms with van der Waals surface area (Å²) in [6.45, 7) is -0.0944. The molecule has 1 amide bonds. The lowest BCUT2D eigenvalue weighted by molar-refractivity contribution is -0.128. The molecule has 0 atom stereocenters. The molecule has 0 unspecified atom stereocenters. The van der Waals surface area contributed by atoms with Crippen LogP contribution in [-0.4, -0.2) is 39.9 Å². The van der Waals surface area contributed by atoms with E-state index in [1.165, 1.54) is 48.4 Å². The van der Waals surface area contributed by atoms with Crippen LogP contribution in [0, 0.1) is 5.82 Å². The molecule has 0 aliphatic heterocycles. The maximum Gasteiger partial charge on any atom is 0.264 e. The number of benzene rings is 3. The Hall–Kier alpha value is -3.39. The van der Waals surface area contributed by atoms with Gasteiger partial charge in [-0.2, -0.15) is 0 Å². The van der Waals surface area contributed by atoms with Crippen molar-refractivity contribution in [2.45, 2.75) is 11.4 Å². The van der Waals surface area contributed by atoms with Gasteiger partial charge in [0.25, 0.3) is 10.0 Å². The van der Waals surface area contributed by atoms with E-state index in [9.17, 15) is 17.6 Å². The molecule has 162 valence electrons. The summed E-state index contributed by atoms with van der Waals surface area (Å²) in [6.07, 6.45) is 0. The van der Waals surface area contributed by atoms with Crippen LogP contribution in [0.15, 0.2) is 83.8 Å². The molecule has 3 aromatic carbocycles. The first kappa shape index (κ1) is 22.3. The van der Waals surface area contributed by atoms with Crippen LogP contribution in [0.3, 0.4) is 0 Å². The third-order valence-electron chi connectivity index (χ3n) is 4.73. The Bertz CT molecular complexity index is 1120. The van der Waals surface area contributed by atoms with Gasteiger partial charge in [-0.1, -0.05) is 30.3 Å². The molecule has 3 aromatic rings. The molecule has 0 saturated heterocycles. The van der Waals surface area contributed by atoms with Crippen molar-refractivity contribution in [1.82, 2.24) is 4.90 Å². The summed E-state index contributed by atoms with van der Waals surface area (Å²) in [5.41, 5.74) is 1.11. The minimum absolute atomic E-state index is 0.00358. The molecule has 8 heteroatoms. The summed E-state index contributed by atoms with van der Waals surface area (Å²) < 4.78 is 46.2. The van der Waals surface area contributed by atoms with Crippen LogP contribution < -0.4 is 9.04 Å². The second-order valence-electron chi connectivity index (χ2n) is 6.90. The van der Waals surface area contributed by atoms with Gasteiger partial charge in [0.05, 0.1) is 17.7 Å². The summed E-state index contributed by atoms with van der Waals surface area (Å²) in [6, 6.07) is 20.2. The van der Waals surface area contributed by atoms with Gasteiger partial charge in [-0.15, -0.1) is 0 Å². The monoisotopic (exact) mass is 442 g/mol. The van der Waals surface area contributed by atoms with Gasteiger partial charge in [0.2, 0.25) is 5.91 Å². The van der Waals surface area contributed by atoms with Crippen LogP contribution in [-0.2, 0) is 21.4 Å². The predicted molar refractivity (Wildman–Crippen MR) is 117 cm³/mol. The average Bonchev–Trinajstić information content (AvgIpc) is 2.78. The highest BCUT2D eigenvalue weighted by Gasteiger charge is 2.28. The fourth-order valence-electron chi connectivity index (χ4n) is 2.99. The standard InChI is InChI=1S/C23H23FN2O4S/c1-25(16-18-6-4-3-5-7-18)23(27)17-26(20-10-8-19(24)9-11-20)31(28,29)22-14-12-21(30-2)13-15-22/h3-15H,16-17H2,1-2H3. The number of rotatable bonds is 8. The van der Waals surface area contributed by atoms with Crippen LogP contribution in [0.25, 0.3) is 0 Å². The molecular formula is C23H23FN2O4S. The predicted octanol–water partition coefficient (Wildman–Crippen LogP) is 3.69. The van der Waals surface area contributed by atoms with Crippen molar-refractivity contribution in [3.8, 4) is 5.75 Å². The lowest BCUT2D eigenvalue weighted by Crippen LogP contribution is -2.41. The quantitative estimate of drug-likeness (QED) is 0.534. The Morgan fingerprint density at radius 3 is 2.13 bits per heavy atom. The first-order valence-electron chi connectivity index (χ1n) is 9.51. The molecule has 0 radical (unpaired) electrons. The van der Waals surface area contributed by atoms with E-state index in [0.717, 1.165) is 22.0 Å². The minimum atomic E-state index is -4.09. The number of hydrogen-bond acceptors (Lipinski definition) is 4. The molecule has 0 fully saturated rings. The number of carbonyl (C=O) groups is 1. The SMILES string of the molecule is COc1ccc(S(=O)(=O)N(CC(=O)N(C)Cc2ccccc2)c2ccc(F)cc2)cc1. The number of ether oxygens (including phenoxy) is 1. The Labute approximate surface area is 181 Å². The van der Waals surface area contributed by atoms with Crippen molar-refractivity contribution in [2.24, 2.45) is 0 Å². The lowest BCUT2D eigenvalue weighted by atomic mass is 10.2. The molecule has 3 rings (SSSR count). The topological polar surface area (TPSA) is 66.9 Å². The van der Waals surface area contributed by atoms with E-state index >= 15 is 0 Å². The van der Waals surface area contributed by atoms with Crippen molar-refractivity contribution >= 4 is 21.6 Å². The molecule has 31 heavy (non-hydrogen) atoms. The number of carbonyl (C=O) groups excluding carboxylic acids is 1. The minimum Gasteiger partial charge on any atom is -0.497 e. The largest absolute Gasteiger partial charge is 0.497 e. The van der Waals surface area contributed by atoms with Gasteiger partial charge in [0.15, 0.2) is 0 Å². The maximum absolute atomic E-state index is 13.4. The highest BCUT2D eigenvalue weighted by Crippen LogP contribution is 2.25. The lowest BCUT2D eigenvalue weighted by Gasteiger charge is -2.27. The zero-order valence-corrected chi connectivity index (χ0v) is 18.0. The van der Waals surface area contributed by atoms with Crippen LogP contribution in [0.2, 0.25) is 0 Å². The van der Waals surface area contributed by atoms with E-state index in [0.29, 0.717) is 12.3 Å². The van der Waals surface area contributed by atoms with Gasteiger partial charge in [-0.05, 0) is 54.1 Å². The number of methoxy groups -OCH3 is 1. The number of likely N-dealkylation sites (N-methyl/N-ethyl adjacent to an activating group) is 1. The Morgan fingerprint density at radius 1 is 0.935 bits per heavy atom. The average molecular weight is 443 g/mol. The molecule has 0 aromatic heterocycles. The Kier molecular flexibility index (Phi) is 6.91. The fourth-order valence-corrected chi connectivity index (χ4v) is 4.40. The van der Waals surface area contributed by atoms with E-state index < -0.39 is 28.3 Å². The third-order valence-corrected chi connectivity index (χ3v) is 6.52. The van der Waals surface area contributed by atoms with Gasteiger partial charge >= 0.3 is 0 Å². The summed E-state index contributed by atoms with van der Waals surface area (Å²) in [5, 5.41) is 0. The molecule has 0 saturated carbocycles. The van der Waals surface area contributed by atoms with Crippen LogP contribution >= 0.6 is 0 Å². The number of hydrogen-bond donors (Lipinski definition) is 0. The second kappa shape index (κ2) is 9.61. The smallest absolute Gasteiger partial charge is 0.264 e. The summed E-state index contributed by atoms with van der Waals surface area (Å²) >= 11 is 0. The van der Waals surface area contributed by atoms with E-state index in [1.807, 2.05) is 30.3 Å². The molecule has 0 spiro atoms. The molecule has 0 heterocycles. The normalized spacial score (nSPS) is 11.1. The van der Waals surface area contributed by atoms with E-state index in [-0.39, 0.29) is 10.6 Å². The van der Waals surface area contributed by atoms with Gasteiger partial charge in [0.1, 0.15) is 18.1 Å². The highest BCUT2D eigenvalue weighted by atomic mass is 32.2. The number of nitrogens with zero attached hydrogens (tertiary/aromatic N) is 2. The van der Waals surface area contributed by atoms with E-state index in [4.69, 9.17) is 4.74 Å². The highest BCUT2D eigenvalue weighted by molar-refractivity contribution is 7.92. The van der Waals surface area contributed by atoms with Crippen LogP contribution in [0.4, 0.5) is 10.1 Å². The molecular weight excluding hydrogens is 419 g/mol. The summed E-state index contributed by atoms with van der Waals surface area (Å²) in [5.74, 6) is -0.394. The van der Waals surface area contributed by atoms with Gasteiger partial charge < -0.3 is 9.64 Å². The van der Waals surface area contributed by atoms with Crippen molar-refractivity contribution < 1.29 is 22.3 Å². The summed E-state index contributed by atoms with van der Waals surface area (Å²) in [4.78, 5) is 14.4. The van der Waals surface area contributed by atoms with Gasteiger partial charge in [-0.3, -0.25) is 9.10 Å². The Morgan fingerprint density at radius 2 is 1.55 bits per heavy atom. The number of sulfonamides is 1. The van der Waals surface area contributed by atoms with Crippen molar-refractivity contribution in [3.05, 3.63) is 90.2 Å². The second-order valence-corrected chi connectivity index (χ2v) is 8.76. The molecule has 0 N–H and O–H groups in total. The van der Waals surface area contributed by atoms with Crippen LogP contribution in [0.5, 0.6) is 5.75 Å². The van der Waals surface area contributed by atoms with Gasteiger partial charge in [0, 0.05) is 13.6 Å². The van der Waals surface area contributed by atoms with E-state index in [2.05, 4.69) is 0 Å². The first-order valence-corrected chi connectivity index (χ1v) is 11.0. The fraction of sp³-hybridized carbons (Fsp3) is 0.174. The zero-order chi connectivity index (χ0) is 22.4. The first-order chi connectivity index (χ1) is 14.8. The van der Waals surface area contributed by atoms with Crippen LogP contribution in [0.1, 0.15) is 5.56 Å². The summed E-state index contributed by atoms with van der Waals surface area (Å²) in [7, 11) is -0.995. The Balaban J connectivity index is 1.90. The van der Waals surface area contributed by atoms with Crippen molar-refractivity contribution in [3.63, 3.8) is 0 Å². The zero-order valence-electron chi connectivity index (χ0n) is 17.2.